The second-order valence-electron chi connectivity index (χ2n) is 4.95. The van der Waals surface area contributed by atoms with Gasteiger partial charge >= 0.3 is 0 Å². The molecule has 3 heteroatoms. The van der Waals surface area contributed by atoms with Crippen LogP contribution in [-0.4, -0.2) is 15.8 Å². The van der Waals surface area contributed by atoms with Gasteiger partial charge in [0.15, 0.2) is 0 Å². The van der Waals surface area contributed by atoms with E-state index in [1.54, 1.807) is 0 Å². The third-order valence-corrected chi connectivity index (χ3v) is 3.18. The van der Waals surface area contributed by atoms with Crippen molar-refractivity contribution in [3.05, 3.63) is 58.9 Å². The molecule has 2 aromatic rings. The van der Waals surface area contributed by atoms with E-state index in [0.717, 1.165) is 12.2 Å². The predicted octanol–water partition coefficient (Wildman–Crippen LogP) is 2.91. The van der Waals surface area contributed by atoms with Crippen LogP contribution < -0.4 is 5.73 Å². The number of rotatable bonds is 4. The van der Waals surface area contributed by atoms with Crippen LogP contribution >= 0.6 is 0 Å². The summed E-state index contributed by atoms with van der Waals surface area (Å²) in [6.07, 6.45) is 4.08. The third kappa shape index (κ3) is 3.32. The van der Waals surface area contributed by atoms with Crippen molar-refractivity contribution in [2.45, 2.75) is 33.4 Å². The molecule has 0 fully saturated rings. The average Bonchev–Trinajstić information content (AvgIpc) is 2.63. The average molecular weight is 255 g/mol. The summed E-state index contributed by atoms with van der Waals surface area (Å²) in [5, 5.41) is 4.61. The van der Waals surface area contributed by atoms with Crippen LogP contribution in [0.1, 0.15) is 29.4 Å². The summed E-state index contributed by atoms with van der Waals surface area (Å²) >= 11 is 0. The van der Waals surface area contributed by atoms with Crippen molar-refractivity contribution in [2.24, 2.45) is 5.73 Å². The van der Waals surface area contributed by atoms with Crippen molar-refractivity contribution < 1.29 is 0 Å². The fourth-order valence-electron chi connectivity index (χ4n) is 2.11. The highest BCUT2D eigenvalue weighted by Gasteiger charge is 2.09. The highest BCUT2D eigenvalue weighted by molar-refractivity contribution is 5.55. The number of nitrogens with two attached hydrogens (primary N) is 1. The lowest BCUT2D eigenvalue weighted by Gasteiger charge is -2.04. The van der Waals surface area contributed by atoms with Gasteiger partial charge in [0.1, 0.15) is 0 Å². The second-order valence-corrected chi connectivity index (χ2v) is 4.95. The van der Waals surface area contributed by atoms with Gasteiger partial charge in [-0.25, -0.2) is 0 Å². The van der Waals surface area contributed by atoms with Crippen LogP contribution in [0.25, 0.3) is 6.08 Å². The van der Waals surface area contributed by atoms with E-state index in [9.17, 15) is 0 Å². The SMILES string of the molecule is Cc1nn(Cc2ccccc2)c(C)c1/C=C/C(C)N. The summed E-state index contributed by atoms with van der Waals surface area (Å²) in [7, 11) is 0. The molecule has 0 aliphatic heterocycles. The van der Waals surface area contributed by atoms with E-state index < -0.39 is 0 Å². The molecule has 1 atom stereocenters. The molecule has 1 unspecified atom stereocenters. The highest BCUT2D eigenvalue weighted by atomic mass is 15.3. The monoisotopic (exact) mass is 255 g/mol. The lowest BCUT2D eigenvalue weighted by Crippen LogP contribution is -2.10. The fourth-order valence-corrected chi connectivity index (χ4v) is 2.11. The minimum atomic E-state index is 0.0660. The summed E-state index contributed by atoms with van der Waals surface area (Å²) in [5.41, 5.74) is 10.4. The van der Waals surface area contributed by atoms with E-state index in [0.29, 0.717) is 0 Å². The summed E-state index contributed by atoms with van der Waals surface area (Å²) in [5.74, 6) is 0. The molecular weight excluding hydrogens is 234 g/mol. The predicted molar refractivity (Wildman–Crippen MR) is 79.9 cm³/mol. The second kappa shape index (κ2) is 5.85. The van der Waals surface area contributed by atoms with E-state index in [-0.39, 0.29) is 6.04 Å². The topological polar surface area (TPSA) is 43.8 Å². The van der Waals surface area contributed by atoms with E-state index in [4.69, 9.17) is 5.73 Å². The van der Waals surface area contributed by atoms with E-state index in [1.165, 1.54) is 16.8 Å². The molecule has 1 heterocycles. The van der Waals surface area contributed by atoms with E-state index in [1.807, 2.05) is 30.7 Å². The molecule has 19 heavy (non-hydrogen) atoms. The van der Waals surface area contributed by atoms with Gasteiger partial charge in [0.05, 0.1) is 12.2 Å². The molecular formula is C16H21N3. The Bertz CT molecular complexity index is 565. The summed E-state index contributed by atoms with van der Waals surface area (Å²) in [4.78, 5) is 0. The van der Waals surface area contributed by atoms with Crippen LogP contribution in [0.3, 0.4) is 0 Å². The first kappa shape index (κ1) is 13.6. The van der Waals surface area contributed by atoms with Gasteiger partial charge in [-0.05, 0) is 26.3 Å². The molecule has 1 aromatic heterocycles. The summed E-state index contributed by atoms with van der Waals surface area (Å²) in [6, 6.07) is 10.4. The van der Waals surface area contributed by atoms with E-state index in [2.05, 4.69) is 42.4 Å². The van der Waals surface area contributed by atoms with Gasteiger partial charge in [-0.1, -0.05) is 42.5 Å². The maximum Gasteiger partial charge on any atom is 0.0668 e. The van der Waals surface area contributed by atoms with Crippen molar-refractivity contribution in [2.75, 3.05) is 0 Å². The normalized spacial score (nSPS) is 13.1. The lowest BCUT2D eigenvalue weighted by atomic mass is 10.1. The smallest absolute Gasteiger partial charge is 0.0668 e. The zero-order valence-corrected chi connectivity index (χ0v) is 11.8. The van der Waals surface area contributed by atoms with Crippen LogP contribution in [0.5, 0.6) is 0 Å². The Kier molecular flexibility index (Phi) is 4.17. The Balaban J connectivity index is 2.26. The van der Waals surface area contributed by atoms with Crippen molar-refractivity contribution in [1.29, 1.82) is 0 Å². The molecule has 2 N–H and O–H groups in total. The summed E-state index contributed by atoms with van der Waals surface area (Å²) < 4.78 is 2.05. The van der Waals surface area contributed by atoms with E-state index >= 15 is 0 Å². The number of aryl methyl sites for hydroxylation is 1. The van der Waals surface area contributed by atoms with Crippen LogP contribution in [0, 0.1) is 13.8 Å². The number of benzene rings is 1. The lowest BCUT2D eigenvalue weighted by molar-refractivity contribution is 0.659. The molecule has 3 nitrogen and oxygen atoms in total. The number of hydrogen-bond acceptors (Lipinski definition) is 2. The number of aromatic nitrogens is 2. The molecule has 0 aliphatic rings. The standard InChI is InChI=1S/C16H21N3/c1-12(17)9-10-16-13(2)18-19(14(16)3)11-15-7-5-4-6-8-15/h4-10,12H,11,17H2,1-3H3/b10-9+. The van der Waals surface area contributed by atoms with Crippen molar-refractivity contribution >= 4 is 6.08 Å². The Hall–Kier alpha value is -1.87. The molecule has 1 aromatic carbocycles. The first-order valence-corrected chi connectivity index (χ1v) is 6.59. The van der Waals surface area contributed by atoms with Crippen LogP contribution in [-0.2, 0) is 6.54 Å². The molecule has 100 valence electrons. The van der Waals surface area contributed by atoms with Gasteiger partial charge in [-0.3, -0.25) is 4.68 Å². The zero-order valence-electron chi connectivity index (χ0n) is 11.8. The van der Waals surface area contributed by atoms with Crippen LogP contribution in [0.2, 0.25) is 0 Å². The molecule has 0 spiro atoms. The minimum absolute atomic E-state index is 0.0660. The van der Waals surface area contributed by atoms with Gasteiger partial charge in [0.25, 0.3) is 0 Å². The maximum atomic E-state index is 5.76. The Morgan fingerprint density at radius 2 is 1.95 bits per heavy atom. The Labute approximate surface area is 114 Å². The van der Waals surface area contributed by atoms with Crippen LogP contribution in [0.15, 0.2) is 36.4 Å². The molecule has 0 radical (unpaired) electrons. The Morgan fingerprint density at radius 3 is 2.58 bits per heavy atom. The maximum absolute atomic E-state index is 5.76. The fraction of sp³-hybridized carbons (Fsp3) is 0.312. The quantitative estimate of drug-likeness (QED) is 0.913. The molecule has 0 aliphatic carbocycles. The number of nitrogens with zero attached hydrogens (tertiary/aromatic N) is 2. The first-order valence-electron chi connectivity index (χ1n) is 6.59. The number of hydrogen-bond donors (Lipinski definition) is 1. The van der Waals surface area contributed by atoms with Gasteiger partial charge in [0.2, 0.25) is 0 Å². The van der Waals surface area contributed by atoms with Crippen molar-refractivity contribution in [3.63, 3.8) is 0 Å². The third-order valence-electron chi connectivity index (χ3n) is 3.18. The molecule has 0 amide bonds. The molecule has 0 saturated carbocycles. The van der Waals surface area contributed by atoms with Crippen molar-refractivity contribution in [3.8, 4) is 0 Å². The van der Waals surface area contributed by atoms with Gasteiger partial charge < -0.3 is 5.73 Å². The zero-order chi connectivity index (χ0) is 13.8. The summed E-state index contributed by atoms with van der Waals surface area (Å²) in [6.45, 7) is 6.91. The highest BCUT2D eigenvalue weighted by Crippen LogP contribution is 2.16. The Morgan fingerprint density at radius 1 is 1.26 bits per heavy atom. The van der Waals surface area contributed by atoms with Gasteiger partial charge in [-0.15, -0.1) is 0 Å². The first-order chi connectivity index (χ1) is 9.08. The van der Waals surface area contributed by atoms with Gasteiger partial charge in [-0.2, -0.15) is 5.10 Å². The van der Waals surface area contributed by atoms with Crippen molar-refractivity contribution in [1.82, 2.24) is 9.78 Å². The minimum Gasteiger partial charge on any atom is -0.325 e. The van der Waals surface area contributed by atoms with Gasteiger partial charge in [0, 0.05) is 17.3 Å². The molecule has 0 bridgehead atoms. The largest absolute Gasteiger partial charge is 0.325 e. The molecule has 2 rings (SSSR count). The molecule has 0 saturated heterocycles. The van der Waals surface area contributed by atoms with Crippen LogP contribution in [0.4, 0.5) is 0 Å².